The quantitative estimate of drug-likeness (QED) is 0.846. The maximum atomic E-state index is 11.9. The summed E-state index contributed by atoms with van der Waals surface area (Å²) >= 11 is 0. The van der Waals surface area contributed by atoms with E-state index >= 15 is 0 Å². The lowest BCUT2D eigenvalue weighted by Crippen LogP contribution is -2.26. The molecule has 1 N–H and O–H groups in total. The van der Waals surface area contributed by atoms with E-state index in [2.05, 4.69) is 20.3 Å². The summed E-state index contributed by atoms with van der Waals surface area (Å²) in [6.45, 7) is 5.62. The van der Waals surface area contributed by atoms with E-state index in [1.54, 1.807) is 18.6 Å². The molecule has 3 heterocycles. The Morgan fingerprint density at radius 3 is 2.47 bits per heavy atom. The Labute approximate surface area is 111 Å². The fourth-order valence-electron chi connectivity index (χ4n) is 2.14. The number of pyridine rings is 1. The minimum absolute atomic E-state index is 0.00149. The maximum absolute atomic E-state index is 11.9. The summed E-state index contributed by atoms with van der Waals surface area (Å²) in [5.41, 5.74) is 2.82. The third-order valence-corrected chi connectivity index (χ3v) is 3.47. The molecule has 0 spiro atoms. The van der Waals surface area contributed by atoms with Crippen molar-refractivity contribution in [3.05, 3.63) is 36.0 Å². The number of nitrogens with zero attached hydrogens (tertiary/aromatic N) is 3. The molecule has 0 saturated carbocycles. The van der Waals surface area contributed by atoms with Crippen molar-refractivity contribution < 1.29 is 4.79 Å². The van der Waals surface area contributed by atoms with Crippen LogP contribution in [0.5, 0.6) is 0 Å². The topological polar surface area (TPSA) is 67.8 Å². The minimum atomic E-state index is -0.523. The van der Waals surface area contributed by atoms with E-state index < -0.39 is 5.41 Å². The lowest BCUT2D eigenvalue weighted by Gasteiger charge is -2.14. The van der Waals surface area contributed by atoms with Crippen LogP contribution in [0.25, 0.3) is 11.3 Å². The Balaban J connectivity index is 2.07. The van der Waals surface area contributed by atoms with Crippen molar-refractivity contribution in [2.45, 2.75) is 26.2 Å². The molecule has 5 heteroatoms. The molecular weight excluding hydrogens is 240 g/mol. The maximum Gasteiger partial charge on any atom is 0.234 e. The van der Waals surface area contributed by atoms with Gasteiger partial charge in [-0.25, -0.2) is 9.97 Å². The van der Waals surface area contributed by atoms with Gasteiger partial charge in [0.2, 0.25) is 5.91 Å². The number of aromatic nitrogens is 3. The van der Waals surface area contributed by atoms with Crippen molar-refractivity contribution in [2.24, 2.45) is 0 Å². The van der Waals surface area contributed by atoms with Crippen LogP contribution in [-0.2, 0) is 10.2 Å². The summed E-state index contributed by atoms with van der Waals surface area (Å²) in [7, 11) is 0. The number of amides is 1. The highest BCUT2D eigenvalue weighted by atomic mass is 16.2. The minimum Gasteiger partial charge on any atom is -0.325 e. The van der Waals surface area contributed by atoms with Gasteiger partial charge in [-0.05, 0) is 26.8 Å². The molecule has 0 radical (unpaired) electrons. The van der Waals surface area contributed by atoms with Gasteiger partial charge in [0.1, 0.15) is 5.82 Å². The number of rotatable bonds is 1. The van der Waals surface area contributed by atoms with E-state index in [0.717, 1.165) is 28.3 Å². The molecule has 2 aromatic rings. The van der Waals surface area contributed by atoms with Gasteiger partial charge in [-0.2, -0.15) is 0 Å². The Hall–Kier alpha value is -2.30. The lowest BCUT2D eigenvalue weighted by molar-refractivity contribution is -0.119. The first-order chi connectivity index (χ1) is 8.98. The Morgan fingerprint density at radius 2 is 1.79 bits per heavy atom. The molecule has 1 amide bonds. The zero-order chi connectivity index (χ0) is 13.6. The summed E-state index contributed by atoms with van der Waals surface area (Å²) in [5, 5.41) is 2.89. The fourth-order valence-corrected chi connectivity index (χ4v) is 2.14. The predicted molar refractivity (Wildman–Crippen MR) is 71.7 cm³/mol. The molecule has 96 valence electrons. The SMILES string of the molecule is Cc1ncc(-c2cc3c(cn2)C(C)(C)C(=O)N3)cn1. The number of carbonyl (C=O) groups is 1. The molecule has 0 unspecified atom stereocenters. The van der Waals surface area contributed by atoms with Gasteiger partial charge in [0.05, 0.1) is 11.1 Å². The molecule has 0 aliphatic carbocycles. The van der Waals surface area contributed by atoms with Crippen LogP contribution >= 0.6 is 0 Å². The van der Waals surface area contributed by atoms with Crippen molar-refractivity contribution in [2.75, 3.05) is 5.32 Å². The van der Waals surface area contributed by atoms with Crippen LogP contribution in [0.4, 0.5) is 5.69 Å². The summed E-state index contributed by atoms with van der Waals surface area (Å²) < 4.78 is 0. The summed E-state index contributed by atoms with van der Waals surface area (Å²) in [4.78, 5) is 24.6. The smallest absolute Gasteiger partial charge is 0.234 e. The molecule has 1 aliphatic heterocycles. The van der Waals surface area contributed by atoms with Crippen molar-refractivity contribution in [3.63, 3.8) is 0 Å². The van der Waals surface area contributed by atoms with Crippen molar-refractivity contribution in [1.82, 2.24) is 15.0 Å². The summed E-state index contributed by atoms with van der Waals surface area (Å²) in [6, 6.07) is 1.87. The van der Waals surface area contributed by atoms with Gasteiger partial charge in [-0.3, -0.25) is 9.78 Å². The van der Waals surface area contributed by atoms with Gasteiger partial charge in [0, 0.05) is 35.4 Å². The van der Waals surface area contributed by atoms with E-state index in [1.807, 2.05) is 26.8 Å². The third kappa shape index (κ3) is 1.78. The number of nitrogens with one attached hydrogen (secondary N) is 1. The van der Waals surface area contributed by atoms with Crippen molar-refractivity contribution in [3.8, 4) is 11.3 Å². The first-order valence-electron chi connectivity index (χ1n) is 6.09. The Bertz CT molecular complexity index is 662. The van der Waals surface area contributed by atoms with Crippen molar-refractivity contribution >= 4 is 11.6 Å². The average molecular weight is 254 g/mol. The standard InChI is InChI=1S/C14H14N4O/c1-8-15-5-9(6-16-8)11-4-12-10(7-17-11)14(2,3)13(19)18-12/h4-7H,1-3H3,(H,18,19). The largest absolute Gasteiger partial charge is 0.325 e. The van der Waals surface area contributed by atoms with Crippen LogP contribution in [0.15, 0.2) is 24.7 Å². The molecule has 19 heavy (non-hydrogen) atoms. The normalized spacial score (nSPS) is 16.1. The number of fused-ring (bicyclic) bond motifs is 1. The highest BCUT2D eigenvalue weighted by Crippen LogP contribution is 2.38. The molecule has 1 aliphatic rings. The van der Waals surface area contributed by atoms with Gasteiger partial charge >= 0.3 is 0 Å². The second kappa shape index (κ2) is 3.85. The van der Waals surface area contributed by atoms with Gasteiger partial charge < -0.3 is 5.32 Å². The number of hydrogen-bond donors (Lipinski definition) is 1. The Kier molecular flexibility index (Phi) is 2.38. The molecule has 0 fully saturated rings. The number of carbonyl (C=O) groups excluding carboxylic acids is 1. The molecule has 2 aromatic heterocycles. The number of hydrogen-bond acceptors (Lipinski definition) is 4. The fraction of sp³-hybridized carbons (Fsp3) is 0.286. The van der Waals surface area contributed by atoms with Crippen LogP contribution in [0.3, 0.4) is 0 Å². The van der Waals surface area contributed by atoms with Gasteiger partial charge in [0.25, 0.3) is 0 Å². The van der Waals surface area contributed by atoms with Gasteiger partial charge in [-0.15, -0.1) is 0 Å². The van der Waals surface area contributed by atoms with Crippen LogP contribution < -0.4 is 5.32 Å². The summed E-state index contributed by atoms with van der Waals surface area (Å²) in [6.07, 6.45) is 5.22. The van der Waals surface area contributed by atoms with Gasteiger partial charge in [-0.1, -0.05) is 0 Å². The van der Waals surface area contributed by atoms with Crippen LogP contribution in [0, 0.1) is 6.92 Å². The predicted octanol–water partition coefficient (Wildman–Crippen LogP) is 2.08. The van der Waals surface area contributed by atoms with Crippen LogP contribution in [0.1, 0.15) is 25.2 Å². The zero-order valence-corrected chi connectivity index (χ0v) is 11.1. The highest BCUT2D eigenvalue weighted by Gasteiger charge is 2.38. The van der Waals surface area contributed by atoms with E-state index in [9.17, 15) is 4.79 Å². The molecule has 0 saturated heterocycles. The molecule has 0 bridgehead atoms. The molecule has 0 atom stereocenters. The van der Waals surface area contributed by atoms with E-state index in [1.165, 1.54) is 0 Å². The molecule has 5 nitrogen and oxygen atoms in total. The monoisotopic (exact) mass is 254 g/mol. The van der Waals surface area contributed by atoms with Gasteiger partial charge in [0.15, 0.2) is 0 Å². The van der Waals surface area contributed by atoms with E-state index in [0.29, 0.717) is 0 Å². The van der Waals surface area contributed by atoms with E-state index in [4.69, 9.17) is 0 Å². The molecular formula is C14H14N4O. The first-order valence-corrected chi connectivity index (χ1v) is 6.09. The lowest BCUT2D eigenvalue weighted by atomic mass is 9.87. The Morgan fingerprint density at radius 1 is 1.11 bits per heavy atom. The average Bonchev–Trinajstić information content (AvgIpc) is 2.61. The van der Waals surface area contributed by atoms with E-state index in [-0.39, 0.29) is 5.91 Å². The first kappa shape index (κ1) is 11.8. The summed E-state index contributed by atoms with van der Waals surface area (Å²) in [5.74, 6) is 0.723. The van der Waals surface area contributed by atoms with Crippen LogP contribution in [0.2, 0.25) is 0 Å². The zero-order valence-electron chi connectivity index (χ0n) is 11.1. The van der Waals surface area contributed by atoms with Crippen LogP contribution in [-0.4, -0.2) is 20.9 Å². The number of aryl methyl sites for hydroxylation is 1. The second-order valence-electron chi connectivity index (χ2n) is 5.21. The molecule has 3 rings (SSSR count). The second-order valence-corrected chi connectivity index (χ2v) is 5.21. The number of anilines is 1. The molecule has 0 aromatic carbocycles. The third-order valence-electron chi connectivity index (χ3n) is 3.47. The van der Waals surface area contributed by atoms with Crippen molar-refractivity contribution in [1.29, 1.82) is 0 Å². The highest BCUT2D eigenvalue weighted by molar-refractivity contribution is 6.05.